The molecule has 1 atom stereocenters. The summed E-state index contributed by atoms with van der Waals surface area (Å²) in [6.45, 7) is 2.17. The molecule has 1 aromatic carbocycles. The number of carbonyl (C=O) groups is 3. The molecule has 0 aliphatic carbocycles. The zero-order valence-corrected chi connectivity index (χ0v) is 18.1. The van der Waals surface area contributed by atoms with Crippen LogP contribution < -0.4 is 4.90 Å². The van der Waals surface area contributed by atoms with Crippen molar-refractivity contribution in [3.63, 3.8) is 0 Å². The van der Waals surface area contributed by atoms with E-state index < -0.39 is 0 Å². The van der Waals surface area contributed by atoms with Gasteiger partial charge in [-0.2, -0.15) is 5.10 Å². The van der Waals surface area contributed by atoms with Crippen molar-refractivity contribution >= 4 is 23.4 Å². The number of carbonyl (C=O) groups excluding carboxylic acids is 3. The number of H-pyrrole nitrogens is 1. The molecule has 2 saturated heterocycles. The van der Waals surface area contributed by atoms with E-state index in [2.05, 4.69) is 15.2 Å². The van der Waals surface area contributed by atoms with Crippen LogP contribution in [-0.4, -0.2) is 75.4 Å². The van der Waals surface area contributed by atoms with Crippen LogP contribution in [0.5, 0.6) is 0 Å². The zero-order valence-electron chi connectivity index (χ0n) is 18.1. The van der Waals surface area contributed by atoms with E-state index in [1.165, 1.54) is 0 Å². The number of aromatic amines is 1. The summed E-state index contributed by atoms with van der Waals surface area (Å²) in [5.41, 5.74) is 2.72. The van der Waals surface area contributed by atoms with Gasteiger partial charge in [0.15, 0.2) is 0 Å². The van der Waals surface area contributed by atoms with Crippen molar-refractivity contribution in [1.82, 2.24) is 25.0 Å². The third kappa shape index (κ3) is 4.21. The van der Waals surface area contributed by atoms with Crippen LogP contribution in [0.3, 0.4) is 0 Å². The monoisotopic (exact) mass is 444 g/mol. The van der Waals surface area contributed by atoms with Crippen molar-refractivity contribution in [3.05, 3.63) is 66.6 Å². The van der Waals surface area contributed by atoms with Gasteiger partial charge in [-0.25, -0.2) is 0 Å². The third-order valence-electron chi connectivity index (χ3n) is 6.19. The molecule has 0 unspecified atom stereocenters. The molecule has 0 radical (unpaired) electrons. The van der Waals surface area contributed by atoms with Crippen molar-refractivity contribution in [2.45, 2.75) is 6.42 Å². The number of pyridine rings is 1. The molecule has 2 aliphatic rings. The van der Waals surface area contributed by atoms with E-state index in [4.69, 9.17) is 0 Å². The van der Waals surface area contributed by atoms with Crippen LogP contribution in [0.2, 0.25) is 0 Å². The van der Waals surface area contributed by atoms with Crippen LogP contribution in [0.1, 0.15) is 16.9 Å². The lowest BCUT2D eigenvalue weighted by molar-refractivity contribution is -0.137. The molecular weight excluding hydrogens is 420 g/mol. The summed E-state index contributed by atoms with van der Waals surface area (Å²) in [7, 11) is 0. The van der Waals surface area contributed by atoms with Crippen molar-refractivity contribution in [2.24, 2.45) is 5.92 Å². The second-order valence-corrected chi connectivity index (χ2v) is 8.27. The standard InChI is InChI=1S/C24H24N6O3/c31-22-13-18(16-30(22)19-6-2-1-3-7-19)23(32)28-9-11-29(12-10-28)24(33)21-14-20(26-27-21)17-5-4-8-25-15-17/h1-8,14-15,18H,9-13,16H2,(H,26,27)/t18-/m0/s1. The Morgan fingerprint density at radius 1 is 0.970 bits per heavy atom. The van der Waals surface area contributed by atoms with Gasteiger partial charge in [-0.15, -0.1) is 0 Å². The summed E-state index contributed by atoms with van der Waals surface area (Å²) < 4.78 is 0. The molecule has 2 fully saturated rings. The van der Waals surface area contributed by atoms with Gasteiger partial charge in [0, 0.05) is 62.8 Å². The number of hydrogen-bond donors (Lipinski definition) is 1. The van der Waals surface area contributed by atoms with Gasteiger partial charge in [-0.3, -0.25) is 24.5 Å². The lowest BCUT2D eigenvalue weighted by atomic mass is 10.1. The maximum Gasteiger partial charge on any atom is 0.272 e. The number of aromatic nitrogens is 3. The quantitative estimate of drug-likeness (QED) is 0.661. The topological polar surface area (TPSA) is 102 Å². The summed E-state index contributed by atoms with van der Waals surface area (Å²) in [6, 6.07) is 14.8. The molecule has 9 heteroatoms. The van der Waals surface area contributed by atoms with E-state index >= 15 is 0 Å². The summed E-state index contributed by atoms with van der Waals surface area (Å²) in [4.78, 5) is 47.7. The first-order chi connectivity index (χ1) is 16.1. The SMILES string of the molecule is O=C(c1cc(-c2cccnc2)n[nH]1)N1CCN(C(=O)[C@H]2CC(=O)N(c3ccccc3)C2)CC1. The minimum atomic E-state index is -0.352. The molecule has 9 nitrogen and oxygen atoms in total. The first-order valence-corrected chi connectivity index (χ1v) is 11.0. The zero-order chi connectivity index (χ0) is 22.8. The molecule has 2 aliphatic heterocycles. The smallest absolute Gasteiger partial charge is 0.272 e. The van der Waals surface area contributed by atoms with Crippen LogP contribution in [0.15, 0.2) is 60.9 Å². The molecule has 168 valence electrons. The average molecular weight is 444 g/mol. The van der Waals surface area contributed by atoms with Crippen molar-refractivity contribution in [2.75, 3.05) is 37.6 Å². The molecule has 5 rings (SSSR count). The molecule has 3 amide bonds. The van der Waals surface area contributed by atoms with E-state index in [1.54, 1.807) is 33.2 Å². The fraction of sp³-hybridized carbons (Fsp3) is 0.292. The average Bonchev–Trinajstić information content (AvgIpc) is 3.52. The Bertz CT molecular complexity index is 1160. The summed E-state index contributed by atoms with van der Waals surface area (Å²) in [5, 5.41) is 7.04. The number of benzene rings is 1. The molecule has 3 aromatic rings. The lowest BCUT2D eigenvalue weighted by Crippen LogP contribution is -2.52. The minimum Gasteiger partial charge on any atom is -0.339 e. The Labute approximate surface area is 191 Å². The highest BCUT2D eigenvalue weighted by Gasteiger charge is 2.38. The van der Waals surface area contributed by atoms with Gasteiger partial charge < -0.3 is 14.7 Å². The largest absolute Gasteiger partial charge is 0.339 e. The van der Waals surface area contributed by atoms with Gasteiger partial charge in [0.05, 0.1) is 11.6 Å². The summed E-state index contributed by atoms with van der Waals surface area (Å²) in [5.74, 6) is -0.544. The van der Waals surface area contributed by atoms with Gasteiger partial charge in [-0.05, 0) is 30.3 Å². The maximum absolute atomic E-state index is 13.1. The van der Waals surface area contributed by atoms with Crippen molar-refractivity contribution < 1.29 is 14.4 Å². The van der Waals surface area contributed by atoms with Gasteiger partial charge in [0.25, 0.3) is 5.91 Å². The lowest BCUT2D eigenvalue weighted by Gasteiger charge is -2.35. The normalized spacial score (nSPS) is 18.6. The number of piperazine rings is 1. The van der Waals surface area contributed by atoms with Crippen LogP contribution >= 0.6 is 0 Å². The highest BCUT2D eigenvalue weighted by molar-refractivity contribution is 6.00. The highest BCUT2D eigenvalue weighted by atomic mass is 16.2. The van der Waals surface area contributed by atoms with Crippen LogP contribution in [-0.2, 0) is 9.59 Å². The molecule has 0 saturated carbocycles. The Morgan fingerprint density at radius 2 is 1.73 bits per heavy atom. The number of anilines is 1. The Balaban J connectivity index is 1.17. The first kappa shape index (κ1) is 20.9. The van der Waals surface area contributed by atoms with Crippen molar-refractivity contribution in [3.8, 4) is 11.3 Å². The molecular formula is C24H24N6O3. The maximum atomic E-state index is 13.1. The Morgan fingerprint density at radius 3 is 2.45 bits per heavy atom. The predicted octanol–water partition coefficient (Wildman–Crippen LogP) is 1.81. The number of nitrogens with one attached hydrogen (secondary N) is 1. The molecule has 4 heterocycles. The fourth-order valence-corrected chi connectivity index (χ4v) is 4.38. The van der Waals surface area contributed by atoms with Gasteiger partial charge in [-0.1, -0.05) is 18.2 Å². The highest BCUT2D eigenvalue weighted by Crippen LogP contribution is 2.26. The van der Waals surface area contributed by atoms with E-state index in [0.29, 0.717) is 44.1 Å². The first-order valence-electron chi connectivity index (χ1n) is 11.0. The van der Waals surface area contributed by atoms with Gasteiger partial charge in [0.1, 0.15) is 5.69 Å². The molecule has 2 aromatic heterocycles. The molecule has 0 bridgehead atoms. The predicted molar refractivity (Wildman–Crippen MR) is 121 cm³/mol. The Hall–Kier alpha value is -4.01. The van der Waals surface area contributed by atoms with Gasteiger partial charge >= 0.3 is 0 Å². The summed E-state index contributed by atoms with van der Waals surface area (Å²) >= 11 is 0. The second-order valence-electron chi connectivity index (χ2n) is 8.27. The second kappa shape index (κ2) is 8.85. The number of amides is 3. The molecule has 1 N–H and O–H groups in total. The van der Waals surface area contributed by atoms with E-state index in [0.717, 1.165) is 11.3 Å². The Kier molecular flexibility index (Phi) is 5.60. The van der Waals surface area contributed by atoms with Gasteiger partial charge in [0.2, 0.25) is 11.8 Å². The number of nitrogens with zero attached hydrogens (tertiary/aromatic N) is 5. The van der Waals surface area contributed by atoms with E-state index in [9.17, 15) is 14.4 Å². The number of para-hydroxylation sites is 1. The van der Waals surface area contributed by atoms with Crippen LogP contribution in [0.4, 0.5) is 5.69 Å². The third-order valence-corrected chi connectivity index (χ3v) is 6.19. The van der Waals surface area contributed by atoms with Crippen LogP contribution in [0, 0.1) is 5.92 Å². The molecule has 33 heavy (non-hydrogen) atoms. The van der Waals surface area contributed by atoms with Crippen LogP contribution in [0.25, 0.3) is 11.3 Å². The summed E-state index contributed by atoms with van der Waals surface area (Å²) in [6.07, 6.45) is 3.60. The van der Waals surface area contributed by atoms with E-state index in [-0.39, 0.29) is 30.1 Å². The van der Waals surface area contributed by atoms with E-state index in [1.807, 2.05) is 42.5 Å². The number of rotatable bonds is 4. The minimum absolute atomic E-state index is 0.0192. The fourth-order valence-electron chi connectivity index (χ4n) is 4.38. The van der Waals surface area contributed by atoms with Crippen molar-refractivity contribution in [1.29, 1.82) is 0 Å². The molecule has 0 spiro atoms. The number of hydrogen-bond acceptors (Lipinski definition) is 5.